The third kappa shape index (κ3) is 3.50. The van der Waals surface area contributed by atoms with E-state index in [9.17, 15) is 4.79 Å². The van der Waals surface area contributed by atoms with Crippen molar-refractivity contribution < 1.29 is 9.32 Å². The maximum absolute atomic E-state index is 11.8. The lowest BCUT2D eigenvalue weighted by Gasteiger charge is -1.99. The molecular formula is C11H15N5O2S. The fraction of sp³-hybridized carbons (Fsp3) is 0.455. The molecule has 2 rings (SSSR count). The highest BCUT2D eigenvalue weighted by Crippen LogP contribution is 2.15. The Morgan fingerprint density at radius 1 is 1.53 bits per heavy atom. The van der Waals surface area contributed by atoms with E-state index in [1.54, 1.807) is 6.07 Å². The van der Waals surface area contributed by atoms with Crippen LogP contribution in [0.5, 0.6) is 0 Å². The minimum Gasteiger partial charge on any atom is -0.374 e. The van der Waals surface area contributed by atoms with Crippen molar-refractivity contribution in [3.63, 3.8) is 0 Å². The summed E-state index contributed by atoms with van der Waals surface area (Å²) in [6, 6.07) is 1.66. The van der Waals surface area contributed by atoms with Crippen LogP contribution in [-0.4, -0.2) is 27.8 Å². The first-order valence-corrected chi connectivity index (χ1v) is 6.70. The van der Waals surface area contributed by atoms with Crippen LogP contribution in [0.1, 0.15) is 41.0 Å². The number of nitrogens with two attached hydrogens (primary N) is 1. The Bertz CT molecular complexity index is 563. The molecule has 7 nitrogen and oxygen atoms in total. The van der Waals surface area contributed by atoms with Gasteiger partial charge in [-0.2, -0.15) is 0 Å². The first-order chi connectivity index (χ1) is 9.06. The van der Waals surface area contributed by atoms with E-state index in [0.29, 0.717) is 29.6 Å². The van der Waals surface area contributed by atoms with Gasteiger partial charge in [0, 0.05) is 24.9 Å². The number of nitrogen functional groups attached to an aromatic ring is 1. The predicted octanol–water partition coefficient (Wildman–Crippen LogP) is 1.20. The van der Waals surface area contributed by atoms with Gasteiger partial charge < -0.3 is 15.6 Å². The molecule has 0 radical (unpaired) electrons. The van der Waals surface area contributed by atoms with E-state index in [1.165, 1.54) is 11.3 Å². The molecule has 2 heterocycles. The zero-order valence-electron chi connectivity index (χ0n) is 10.7. The van der Waals surface area contributed by atoms with Crippen molar-refractivity contribution >= 4 is 22.4 Å². The van der Waals surface area contributed by atoms with Gasteiger partial charge in [0.15, 0.2) is 5.69 Å². The largest absolute Gasteiger partial charge is 0.374 e. The standard InChI is InChI=1S/C11H15N5O2S/c1-6(2)8-5-7(16-18-8)10(17)13-4-3-9-14-15-11(12)19-9/h5-6H,3-4H2,1-2H3,(H2,12,15)(H,13,17). The van der Waals surface area contributed by atoms with Crippen LogP contribution in [0.3, 0.4) is 0 Å². The second-order valence-electron chi connectivity index (χ2n) is 4.31. The minimum absolute atomic E-state index is 0.207. The number of amides is 1. The highest BCUT2D eigenvalue weighted by atomic mass is 32.1. The summed E-state index contributed by atoms with van der Waals surface area (Å²) in [7, 11) is 0. The van der Waals surface area contributed by atoms with Crippen molar-refractivity contribution in [1.29, 1.82) is 0 Å². The number of carbonyl (C=O) groups excluding carboxylic acids is 1. The second kappa shape index (κ2) is 5.79. The fourth-order valence-electron chi connectivity index (χ4n) is 1.41. The van der Waals surface area contributed by atoms with E-state index in [4.69, 9.17) is 10.3 Å². The Morgan fingerprint density at radius 3 is 2.89 bits per heavy atom. The molecule has 0 aliphatic rings. The van der Waals surface area contributed by atoms with Gasteiger partial charge in [-0.1, -0.05) is 30.3 Å². The van der Waals surface area contributed by atoms with Crippen LogP contribution in [0.15, 0.2) is 10.6 Å². The number of carbonyl (C=O) groups is 1. The van der Waals surface area contributed by atoms with Crippen LogP contribution in [0.2, 0.25) is 0 Å². The molecular weight excluding hydrogens is 266 g/mol. The Labute approximate surface area is 114 Å². The number of anilines is 1. The summed E-state index contributed by atoms with van der Waals surface area (Å²) in [5.74, 6) is 0.647. The van der Waals surface area contributed by atoms with Crippen molar-refractivity contribution in [2.45, 2.75) is 26.2 Å². The third-order valence-corrected chi connectivity index (χ3v) is 3.25. The topological polar surface area (TPSA) is 107 Å². The smallest absolute Gasteiger partial charge is 0.273 e. The number of nitrogens with zero attached hydrogens (tertiary/aromatic N) is 3. The Balaban J connectivity index is 1.83. The van der Waals surface area contributed by atoms with Crippen molar-refractivity contribution in [1.82, 2.24) is 20.7 Å². The van der Waals surface area contributed by atoms with Crippen molar-refractivity contribution in [3.8, 4) is 0 Å². The Hall–Kier alpha value is -1.96. The molecule has 102 valence electrons. The average molecular weight is 281 g/mol. The van der Waals surface area contributed by atoms with Crippen LogP contribution >= 0.6 is 11.3 Å². The van der Waals surface area contributed by atoms with Gasteiger partial charge in [0.2, 0.25) is 5.13 Å². The molecule has 0 aliphatic heterocycles. The van der Waals surface area contributed by atoms with Crippen LogP contribution in [0.25, 0.3) is 0 Å². The molecule has 0 aromatic carbocycles. The number of rotatable bonds is 5. The Morgan fingerprint density at radius 2 is 2.32 bits per heavy atom. The first-order valence-electron chi connectivity index (χ1n) is 5.89. The molecule has 0 saturated carbocycles. The van der Waals surface area contributed by atoms with Gasteiger partial charge in [-0.05, 0) is 0 Å². The summed E-state index contributed by atoms with van der Waals surface area (Å²) in [4.78, 5) is 11.8. The van der Waals surface area contributed by atoms with Gasteiger partial charge in [-0.15, -0.1) is 10.2 Å². The van der Waals surface area contributed by atoms with E-state index in [-0.39, 0.29) is 11.8 Å². The molecule has 2 aromatic rings. The van der Waals surface area contributed by atoms with Gasteiger partial charge in [0.25, 0.3) is 5.91 Å². The zero-order chi connectivity index (χ0) is 13.8. The summed E-state index contributed by atoms with van der Waals surface area (Å²) in [6.07, 6.45) is 0.593. The van der Waals surface area contributed by atoms with E-state index in [1.807, 2.05) is 13.8 Å². The van der Waals surface area contributed by atoms with Gasteiger partial charge >= 0.3 is 0 Å². The van der Waals surface area contributed by atoms with Crippen molar-refractivity contribution in [2.75, 3.05) is 12.3 Å². The zero-order valence-corrected chi connectivity index (χ0v) is 11.5. The van der Waals surface area contributed by atoms with Gasteiger partial charge in [-0.25, -0.2) is 0 Å². The number of aromatic nitrogens is 3. The first kappa shape index (κ1) is 13.5. The van der Waals surface area contributed by atoms with Gasteiger partial charge in [-0.3, -0.25) is 4.79 Å². The van der Waals surface area contributed by atoms with Gasteiger partial charge in [0.05, 0.1) is 0 Å². The maximum Gasteiger partial charge on any atom is 0.273 e. The maximum atomic E-state index is 11.8. The lowest BCUT2D eigenvalue weighted by atomic mass is 10.1. The molecule has 8 heteroatoms. The fourth-order valence-corrected chi connectivity index (χ4v) is 2.02. The molecule has 3 N–H and O–H groups in total. The average Bonchev–Trinajstić information content (AvgIpc) is 2.98. The highest BCUT2D eigenvalue weighted by molar-refractivity contribution is 7.15. The summed E-state index contributed by atoms with van der Waals surface area (Å²) in [5, 5.41) is 15.3. The summed E-state index contributed by atoms with van der Waals surface area (Å²) in [6.45, 7) is 4.40. The predicted molar refractivity (Wildman–Crippen MR) is 71.0 cm³/mol. The molecule has 1 amide bonds. The summed E-state index contributed by atoms with van der Waals surface area (Å²) < 4.78 is 5.07. The van der Waals surface area contributed by atoms with Crippen molar-refractivity contribution in [3.05, 3.63) is 22.5 Å². The van der Waals surface area contributed by atoms with E-state index >= 15 is 0 Å². The molecule has 0 saturated heterocycles. The van der Waals surface area contributed by atoms with Crippen LogP contribution in [-0.2, 0) is 6.42 Å². The number of nitrogens with one attached hydrogen (secondary N) is 1. The van der Waals surface area contributed by atoms with Crippen LogP contribution in [0, 0.1) is 0 Å². The van der Waals surface area contributed by atoms with E-state index in [2.05, 4.69) is 20.7 Å². The van der Waals surface area contributed by atoms with E-state index in [0.717, 1.165) is 5.01 Å². The van der Waals surface area contributed by atoms with Gasteiger partial charge in [0.1, 0.15) is 10.8 Å². The summed E-state index contributed by atoms with van der Waals surface area (Å²) >= 11 is 1.31. The van der Waals surface area contributed by atoms with Crippen molar-refractivity contribution in [2.24, 2.45) is 0 Å². The number of hydrogen-bond donors (Lipinski definition) is 2. The molecule has 0 spiro atoms. The minimum atomic E-state index is -0.256. The second-order valence-corrected chi connectivity index (χ2v) is 5.40. The SMILES string of the molecule is CC(C)c1cc(C(=O)NCCc2nnc(N)s2)no1. The monoisotopic (exact) mass is 281 g/mol. The lowest BCUT2D eigenvalue weighted by molar-refractivity contribution is 0.0945. The highest BCUT2D eigenvalue weighted by Gasteiger charge is 2.14. The molecule has 0 aliphatic carbocycles. The summed E-state index contributed by atoms with van der Waals surface area (Å²) in [5.41, 5.74) is 5.76. The molecule has 2 aromatic heterocycles. The quantitative estimate of drug-likeness (QED) is 0.852. The molecule has 0 fully saturated rings. The van der Waals surface area contributed by atoms with Crippen LogP contribution < -0.4 is 11.1 Å². The molecule has 0 bridgehead atoms. The number of hydrogen-bond acceptors (Lipinski definition) is 7. The third-order valence-electron chi connectivity index (χ3n) is 2.44. The molecule has 0 atom stereocenters. The van der Waals surface area contributed by atoms with Crippen LogP contribution in [0.4, 0.5) is 5.13 Å². The Kier molecular flexibility index (Phi) is 4.10. The lowest BCUT2D eigenvalue weighted by Crippen LogP contribution is -2.25. The normalized spacial score (nSPS) is 10.9. The molecule has 0 unspecified atom stereocenters. The molecule has 19 heavy (non-hydrogen) atoms. The van der Waals surface area contributed by atoms with E-state index < -0.39 is 0 Å².